The van der Waals surface area contributed by atoms with E-state index in [4.69, 9.17) is 5.10 Å². The van der Waals surface area contributed by atoms with Crippen molar-refractivity contribution in [1.29, 1.82) is 5.26 Å². The zero-order valence-corrected chi connectivity index (χ0v) is 33.9. The molecule has 0 radical (unpaired) electrons. The SMILES string of the molecule is CC(C)(O)c1cc2nn(C3CCC(N4CCN(CC5CN(c6cc(F)c([C@H]7CCC(=O)NC7=O)c(F)c6)C5)CC4)CC3)cc2cc1NC(=O)c1ccc2n1NCC(C#N)=C2. The monoisotopic (exact) mass is 820 g/mol. The van der Waals surface area contributed by atoms with Gasteiger partial charge in [-0.2, -0.15) is 10.4 Å². The van der Waals surface area contributed by atoms with Crippen molar-refractivity contribution in [3.8, 4) is 6.07 Å². The van der Waals surface area contributed by atoms with Crippen molar-refractivity contribution >= 4 is 46.1 Å². The van der Waals surface area contributed by atoms with Crippen LogP contribution in [0.2, 0.25) is 0 Å². The van der Waals surface area contributed by atoms with Gasteiger partial charge in [0.25, 0.3) is 5.91 Å². The summed E-state index contributed by atoms with van der Waals surface area (Å²) in [4.78, 5) is 44.4. The van der Waals surface area contributed by atoms with Gasteiger partial charge in [0, 0.05) is 98.3 Å². The Bertz CT molecular complexity index is 2400. The van der Waals surface area contributed by atoms with Gasteiger partial charge in [-0.05, 0) is 88.4 Å². The highest BCUT2D eigenvalue weighted by Crippen LogP contribution is 2.37. The summed E-state index contributed by atoms with van der Waals surface area (Å²) in [6.45, 7) is 10.1. The van der Waals surface area contributed by atoms with Gasteiger partial charge in [0.05, 0.1) is 47.0 Å². The number of hydrogen-bond donors (Lipinski definition) is 4. The zero-order chi connectivity index (χ0) is 41.9. The number of anilines is 2. The molecule has 6 heterocycles. The highest BCUT2D eigenvalue weighted by Gasteiger charge is 2.36. The Morgan fingerprint density at radius 2 is 1.72 bits per heavy atom. The number of carbonyl (C=O) groups is 3. The van der Waals surface area contributed by atoms with Crippen molar-refractivity contribution in [3.05, 3.63) is 82.3 Å². The molecule has 9 rings (SSSR count). The topological polar surface area (TPSA) is 164 Å². The molecule has 2 aromatic heterocycles. The molecule has 4 aromatic rings. The number of carbonyl (C=O) groups excluding carboxylic acids is 3. The summed E-state index contributed by atoms with van der Waals surface area (Å²) in [5, 5.41) is 31.5. The number of nitrogens with one attached hydrogen (secondary N) is 3. The van der Waals surface area contributed by atoms with Crippen LogP contribution in [0.25, 0.3) is 17.0 Å². The number of fused-ring (bicyclic) bond motifs is 2. The second-order valence-electron chi connectivity index (χ2n) is 17.6. The van der Waals surface area contributed by atoms with Crippen LogP contribution in [0.3, 0.4) is 0 Å². The van der Waals surface area contributed by atoms with Gasteiger partial charge < -0.3 is 25.6 Å². The molecular weight excluding hydrogens is 771 g/mol. The number of nitrogens with zero attached hydrogens (tertiary/aromatic N) is 7. The molecule has 314 valence electrons. The van der Waals surface area contributed by atoms with E-state index in [9.17, 15) is 24.8 Å². The van der Waals surface area contributed by atoms with E-state index in [2.05, 4.69) is 36.6 Å². The molecule has 4 N–H and O–H groups in total. The maximum Gasteiger partial charge on any atom is 0.274 e. The largest absolute Gasteiger partial charge is 0.386 e. The van der Waals surface area contributed by atoms with E-state index in [1.54, 1.807) is 36.7 Å². The summed E-state index contributed by atoms with van der Waals surface area (Å²) in [6, 6.07) is 12.8. The number of nitriles is 1. The molecule has 3 saturated heterocycles. The van der Waals surface area contributed by atoms with Gasteiger partial charge in [-0.3, -0.25) is 34.0 Å². The Morgan fingerprint density at radius 3 is 2.40 bits per heavy atom. The molecular formula is C44H50F2N10O4. The summed E-state index contributed by atoms with van der Waals surface area (Å²) in [5.41, 5.74) is 5.63. The molecule has 4 fully saturated rings. The first-order valence-corrected chi connectivity index (χ1v) is 21.0. The number of amides is 3. The summed E-state index contributed by atoms with van der Waals surface area (Å²) >= 11 is 0. The minimum atomic E-state index is -1.24. The highest BCUT2D eigenvalue weighted by atomic mass is 19.1. The minimum absolute atomic E-state index is 0.0621. The average molecular weight is 821 g/mol. The lowest BCUT2D eigenvalue weighted by atomic mass is 9.89. The first kappa shape index (κ1) is 39.8. The number of imide groups is 1. The molecule has 5 aliphatic rings. The lowest BCUT2D eigenvalue weighted by Crippen LogP contribution is -2.56. The van der Waals surface area contributed by atoms with E-state index in [1.165, 1.54) is 12.1 Å². The third-order valence-electron chi connectivity index (χ3n) is 13.1. The third-order valence-corrected chi connectivity index (χ3v) is 13.1. The maximum absolute atomic E-state index is 15.1. The Kier molecular flexibility index (Phi) is 10.5. The third kappa shape index (κ3) is 7.77. The Balaban J connectivity index is 0.762. The lowest BCUT2D eigenvalue weighted by Gasteiger charge is -2.46. The molecule has 1 aliphatic carbocycles. The number of rotatable bonds is 9. The van der Waals surface area contributed by atoms with Crippen LogP contribution in [0.5, 0.6) is 0 Å². The van der Waals surface area contributed by atoms with Crippen LogP contribution in [0.4, 0.5) is 20.2 Å². The van der Waals surface area contributed by atoms with Crippen LogP contribution < -0.4 is 21.0 Å². The normalized spacial score (nSPS) is 23.0. The quantitative estimate of drug-likeness (QED) is 0.172. The second kappa shape index (κ2) is 15.8. The Labute approximate surface area is 346 Å². The van der Waals surface area contributed by atoms with Gasteiger partial charge in [-0.1, -0.05) is 0 Å². The Morgan fingerprint density at radius 1 is 1.00 bits per heavy atom. The van der Waals surface area contributed by atoms with Crippen molar-refractivity contribution < 1.29 is 28.3 Å². The van der Waals surface area contributed by atoms with E-state index in [-0.39, 0.29) is 30.4 Å². The lowest BCUT2D eigenvalue weighted by molar-refractivity contribution is -0.134. The summed E-state index contributed by atoms with van der Waals surface area (Å²) < 4.78 is 33.9. The van der Waals surface area contributed by atoms with Crippen molar-refractivity contribution in [2.75, 3.05) is 68.0 Å². The van der Waals surface area contributed by atoms with Crippen molar-refractivity contribution in [1.82, 2.24) is 29.6 Å². The molecule has 14 nitrogen and oxygen atoms in total. The highest BCUT2D eigenvalue weighted by molar-refractivity contribution is 6.05. The fraction of sp³-hybridized carbons (Fsp3) is 0.477. The second-order valence-corrected chi connectivity index (χ2v) is 17.6. The molecule has 0 spiro atoms. The van der Waals surface area contributed by atoms with Crippen molar-refractivity contribution in [2.24, 2.45) is 5.92 Å². The van der Waals surface area contributed by atoms with E-state index >= 15 is 8.78 Å². The van der Waals surface area contributed by atoms with Gasteiger partial charge in [0.15, 0.2) is 0 Å². The molecule has 4 aliphatic heterocycles. The molecule has 0 unspecified atom stereocenters. The fourth-order valence-corrected chi connectivity index (χ4v) is 9.77. The van der Waals surface area contributed by atoms with Gasteiger partial charge in [0.1, 0.15) is 17.3 Å². The summed E-state index contributed by atoms with van der Waals surface area (Å²) in [7, 11) is 0. The number of piperazine rings is 1. The number of aromatic nitrogens is 3. The van der Waals surface area contributed by atoms with Gasteiger partial charge >= 0.3 is 0 Å². The smallest absolute Gasteiger partial charge is 0.274 e. The number of piperidine rings is 1. The van der Waals surface area contributed by atoms with Crippen LogP contribution in [-0.4, -0.2) is 105 Å². The molecule has 1 saturated carbocycles. The number of benzene rings is 2. The van der Waals surface area contributed by atoms with Crippen LogP contribution >= 0.6 is 0 Å². The molecule has 2 aromatic carbocycles. The molecule has 16 heteroatoms. The van der Waals surface area contributed by atoms with Gasteiger partial charge in [-0.15, -0.1) is 0 Å². The van der Waals surface area contributed by atoms with Gasteiger partial charge in [0.2, 0.25) is 11.8 Å². The predicted molar refractivity (Wildman–Crippen MR) is 222 cm³/mol. The van der Waals surface area contributed by atoms with Crippen LogP contribution in [0.1, 0.15) is 91.6 Å². The number of aliphatic hydroxyl groups is 1. The number of halogens is 2. The molecule has 0 bridgehead atoms. The Hall–Kier alpha value is -5.63. The van der Waals surface area contributed by atoms with Crippen LogP contribution in [0, 0.1) is 28.9 Å². The standard InChI is InChI=1S/C44H50F2N10O4/c1-44(2,60)34-19-37-28(16-38(34)49-43(59)39-9-7-31-15-26(20-47)21-48-56(31)39)25-55(51-37)30-5-3-29(4-6-30)53-13-11-52(12-14-53)22-27-23-54(24-27)32-17-35(45)41(36(46)18-32)33-8-10-40(57)50-42(33)58/h7,9,15-19,25,27,29-30,33,48,60H,3-6,8,10-14,21-24H2,1-2H3,(H,49,59)(H,50,57,58)/t29?,30?,33-/m1/s1. The molecule has 60 heavy (non-hydrogen) atoms. The molecule has 1 atom stereocenters. The number of hydrogen-bond acceptors (Lipinski definition) is 10. The van der Waals surface area contributed by atoms with E-state index in [1.807, 2.05) is 23.2 Å². The zero-order valence-electron chi connectivity index (χ0n) is 33.9. The fourth-order valence-electron chi connectivity index (χ4n) is 9.77. The van der Waals surface area contributed by atoms with Crippen LogP contribution in [0.15, 0.2) is 48.2 Å². The minimum Gasteiger partial charge on any atom is -0.386 e. The summed E-state index contributed by atoms with van der Waals surface area (Å²) in [5.74, 6) is -3.49. The van der Waals surface area contributed by atoms with Crippen molar-refractivity contribution in [3.63, 3.8) is 0 Å². The van der Waals surface area contributed by atoms with E-state index < -0.39 is 35.0 Å². The van der Waals surface area contributed by atoms with Gasteiger partial charge in [-0.25, -0.2) is 8.78 Å². The first-order valence-electron chi connectivity index (χ1n) is 21.0. The van der Waals surface area contributed by atoms with Crippen molar-refractivity contribution in [2.45, 2.75) is 76.0 Å². The first-order chi connectivity index (χ1) is 28.8. The average Bonchev–Trinajstić information content (AvgIpc) is 3.83. The van der Waals surface area contributed by atoms with E-state index in [0.717, 1.165) is 82.4 Å². The van der Waals surface area contributed by atoms with Crippen LogP contribution in [-0.2, 0) is 15.2 Å². The van der Waals surface area contributed by atoms with E-state index in [0.29, 0.717) is 52.4 Å². The maximum atomic E-state index is 15.1. The molecule has 3 amide bonds. The predicted octanol–water partition coefficient (Wildman–Crippen LogP) is 4.82. The summed E-state index contributed by atoms with van der Waals surface area (Å²) in [6.07, 6.45) is 8.11.